The van der Waals surface area contributed by atoms with E-state index in [1.54, 1.807) is 36.7 Å². The molecule has 0 unspecified atom stereocenters. The number of hydrogen-bond acceptors (Lipinski definition) is 7. The smallest absolute Gasteiger partial charge is 0.257 e. The zero-order valence-electron chi connectivity index (χ0n) is 26.5. The van der Waals surface area contributed by atoms with Crippen molar-refractivity contribution in [2.24, 2.45) is 5.92 Å². The summed E-state index contributed by atoms with van der Waals surface area (Å²) in [7, 11) is 0. The number of aromatic nitrogens is 2. The van der Waals surface area contributed by atoms with Crippen LogP contribution in [0, 0.1) is 35.0 Å². The van der Waals surface area contributed by atoms with Crippen LogP contribution in [0.5, 0.6) is 0 Å². The van der Waals surface area contributed by atoms with Gasteiger partial charge in [-0.05, 0) is 46.0 Å². The Morgan fingerprint density at radius 1 is 0.780 bits per heavy atom. The monoisotopic (exact) mass is 707 g/mol. The maximum Gasteiger partial charge on any atom is 0.257 e. The SMILES string of the molecule is C[C@H]1[C@@H](CSc2ncccn2)O[C@@H](c2cccc(-c3cccc(CNC(=O)c4c(F)c(F)c(F)c(F)c4F)c3)c2)O[C@H]1c1ccc(CO)cc1. The van der Waals surface area contributed by atoms with Gasteiger partial charge in [-0.25, -0.2) is 31.9 Å². The van der Waals surface area contributed by atoms with Crippen molar-refractivity contribution < 1.29 is 41.3 Å². The molecule has 0 aliphatic carbocycles. The van der Waals surface area contributed by atoms with Gasteiger partial charge < -0.3 is 19.9 Å². The standard InChI is InChI=1S/C37H30F5N3O4S/c1-20-27(19-50-37-43-13-4-14-44-37)48-36(49-34(20)23-11-9-21(18-46)10-12-23)26-8-3-7-25(16-26)24-6-2-5-22(15-24)17-45-35(47)28-29(38)31(40)33(42)32(41)30(28)39/h2-16,20,27,34,36,46H,17-19H2,1H3,(H,45,47)/t20-,27+,34+,36+/m0/s1. The number of carbonyl (C=O) groups excluding carboxylic acids is 1. The third-order valence-electron chi connectivity index (χ3n) is 8.35. The first-order valence-corrected chi connectivity index (χ1v) is 16.5. The number of nitrogens with one attached hydrogen (secondary N) is 1. The van der Waals surface area contributed by atoms with Crippen LogP contribution in [0.15, 0.2) is 96.4 Å². The molecule has 1 aromatic heterocycles. The normalized spacial score (nSPS) is 18.9. The number of ether oxygens (including phenoxy) is 2. The number of hydrogen-bond donors (Lipinski definition) is 2. The molecule has 13 heteroatoms. The highest BCUT2D eigenvalue weighted by molar-refractivity contribution is 7.99. The van der Waals surface area contributed by atoms with Crippen LogP contribution in [0.3, 0.4) is 0 Å². The summed E-state index contributed by atoms with van der Waals surface area (Å²) in [6.07, 6.45) is 2.02. The Labute approximate surface area is 288 Å². The average Bonchev–Trinajstić information content (AvgIpc) is 3.15. The summed E-state index contributed by atoms with van der Waals surface area (Å²) in [5.74, 6) is -12.1. The molecular weight excluding hydrogens is 677 g/mol. The first-order valence-electron chi connectivity index (χ1n) is 15.5. The van der Waals surface area contributed by atoms with Gasteiger partial charge in [0.25, 0.3) is 5.91 Å². The zero-order chi connectivity index (χ0) is 35.4. The van der Waals surface area contributed by atoms with Crippen molar-refractivity contribution >= 4 is 17.7 Å². The van der Waals surface area contributed by atoms with Crippen molar-refractivity contribution in [3.8, 4) is 11.1 Å². The number of thioether (sulfide) groups is 1. The third kappa shape index (κ3) is 7.55. The zero-order valence-corrected chi connectivity index (χ0v) is 27.3. The van der Waals surface area contributed by atoms with Gasteiger partial charge in [-0.1, -0.05) is 79.3 Å². The largest absolute Gasteiger partial charge is 0.392 e. The lowest BCUT2D eigenvalue weighted by Gasteiger charge is -2.41. The number of benzene rings is 4. The number of nitrogens with zero attached hydrogens (tertiary/aromatic N) is 2. The van der Waals surface area contributed by atoms with Gasteiger partial charge in [-0.2, -0.15) is 0 Å². The summed E-state index contributed by atoms with van der Waals surface area (Å²) in [5.41, 5.74) is 2.91. The summed E-state index contributed by atoms with van der Waals surface area (Å²) in [5, 5.41) is 12.4. The Morgan fingerprint density at radius 2 is 1.42 bits per heavy atom. The van der Waals surface area contributed by atoms with Gasteiger partial charge in [0.15, 0.2) is 34.7 Å². The van der Waals surface area contributed by atoms with Gasteiger partial charge in [0, 0.05) is 36.2 Å². The van der Waals surface area contributed by atoms with Crippen molar-refractivity contribution in [3.63, 3.8) is 0 Å². The number of carbonyl (C=O) groups is 1. The molecule has 0 saturated carbocycles. The van der Waals surface area contributed by atoms with Crippen LogP contribution < -0.4 is 5.32 Å². The van der Waals surface area contributed by atoms with E-state index in [9.17, 15) is 31.9 Å². The molecule has 1 aliphatic heterocycles. The number of rotatable bonds is 10. The molecular formula is C37H30F5N3O4S. The topological polar surface area (TPSA) is 93.6 Å². The molecule has 6 rings (SSSR count). The predicted octanol–water partition coefficient (Wildman–Crippen LogP) is 7.85. The summed E-state index contributed by atoms with van der Waals surface area (Å²) in [4.78, 5) is 21.1. The van der Waals surface area contributed by atoms with E-state index >= 15 is 0 Å². The Hall–Kier alpha value is -4.69. The highest BCUT2D eigenvalue weighted by Gasteiger charge is 2.38. The second kappa shape index (κ2) is 15.5. The molecule has 4 aromatic carbocycles. The van der Waals surface area contributed by atoms with Gasteiger partial charge in [0.1, 0.15) is 5.56 Å². The molecule has 7 nitrogen and oxygen atoms in total. The Balaban J connectivity index is 1.22. The van der Waals surface area contributed by atoms with Crippen LogP contribution in [0.25, 0.3) is 11.1 Å². The van der Waals surface area contributed by atoms with Crippen molar-refractivity contribution in [1.82, 2.24) is 15.3 Å². The fraction of sp³-hybridized carbons (Fsp3) is 0.216. The van der Waals surface area contributed by atoms with E-state index < -0.39 is 46.8 Å². The fourth-order valence-corrected chi connectivity index (χ4v) is 6.59. The summed E-state index contributed by atoms with van der Waals surface area (Å²) in [6, 6.07) is 23.8. The Kier molecular flexibility index (Phi) is 10.9. The van der Waals surface area contributed by atoms with Crippen LogP contribution in [-0.2, 0) is 22.6 Å². The first kappa shape index (κ1) is 35.1. The number of aliphatic hydroxyl groups is 1. The van der Waals surface area contributed by atoms with Crippen LogP contribution >= 0.6 is 11.8 Å². The summed E-state index contributed by atoms with van der Waals surface area (Å²) < 4.78 is 82.2. The van der Waals surface area contributed by atoms with Crippen molar-refractivity contribution in [3.05, 3.63) is 148 Å². The minimum Gasteiger partial charge on any atom is -0.392 e. The lowest BCUT2D eigenvalue weighted by Crippen LogP contribution is -2.38. The highest BCUT2D eigenvalue weighted by atomic mass is 32.2. The van der Waals surface area contributed by atoms with Crippen molar-refractivity contribution in [2.45, 2.75) is 43.7 Å². The first-order chi connectivity index (χ1) is 24.1. The van der Waals surface area contributed by atoms with E-state index in [0.29, 0.717) is 16.5 Å². The molecule has 2 heterocycles. The molecule has 0 bridgehead atoms. The minimum atomic E-state index is -2.34. The molecule has 4 atom stereocenters. The number of amides is 1. The third-order valence-corrected chi connectivity index (χ3v) is 9.32. The minimum absolute atomic E-state index is 0.0534. The lowest BCUT2D eigenvalue weighted by molar-refractivity contribution is -0.268. The van der Waals surface area contributed by atoms with E-state index in [-0.39, 0.29) is 31.3 Å². The second-order valence-electron chi connectivity index (χ2n) is 11.6. The van der Waals surface area contributed by atoms with Crippen LogP contribution in [0.1, 0.15) is 51.9 Å². The number of halogens is 5. The van der Waals surface area contributed by atoms with E-state index in [2.05, 4.69) is 22.2 Å². The predicted molar refractivity (Wildman–Crippen MR) is 175 cm³/mol. The van der Waals surface area contributed by atoms with Gasteiger partial charge >= 0.3 is 0 Å². The molecule has 50 heavy (non-hydrogen) atoms. The van der Waals surface area contributed by atoms with Gasteiger partial charge in [0.2, 0.25) is 5.82 Å². The quantitative estimate of drug-likeness (QED) is 0.0502. The molecule has 0 radical (unpaired) electrons. The molecule has 258 valence electrons. The van der Waals surface area contributed by atoms with Gasteiger partial charge in [0.05, 0.1) is 18.8 Å². The lowest BCUT2D eigenvalue weighted by atomic mass is 9.91. The molecule has 0 spiro atoms. The Morgan fingerprint density at radius 3 is 2.10 bits per heavy atom. The van der Waals surface area contributed by atoms with E-state index in [0.717, 1.165) is 27.8 Å². The van der Waals surface area contributed by atoms with E-state index in [4.69, 9.17) is 9.47 Å². The van der Waals surface area contributed by atoms with Crippen molar-refractivity contribution in [2.75, 3.05) is 5.75 Å². The fourth-order valence-electron chi connectivity index (χ4n) is 5.63. The van der Waals surface area contributed by atoms with Crippen LogP contribution in [0.4, 0.5) is 22.0 Å². The number of aliphatic hydroxyl groups excluding tert-OH is 1. The maximum atomic E-state index is 14.2. The molecule has 1 aliphatic rings. The summed E-state index contributed by atoms with van der Waals surface area (Å²) in [6.45, 7) is 1.74. The molecule has 1 amide bonds. The molecule has 5 aromatic rings. The molecule has 2 N–H and O–H groups in total. The highest BCUT2D eigenvalue weighted by Crippen LogP contribution is 2.43. The van der Waals surface area contributed by atoms with Gasteiger partial charge in [-0.3, -0.25) is 4.79 Å². The van der Waals surface area contributed by atoms with Crippen LogP contribution in [-0.4, -0.2) is 32.8 Å². The van der Waals surface area contributed by atoms with Crippen molar-refractivity contribution in [1.29, 1.82) is 0 Å². The maximum absolute atomic E-state index is 14.2. The Bertz CT molecular complexity index is 1960. The van der Waals surface area contributed by atoms with E-state index in [1.165, 1.54) is 11.8 Å². The van der Waals surface area contributed by atoms with Crippen LogP contribution in [0.2, 0.25) is 0 Å². The summed E-state index contributed by atoms with van der Waals surface area (Å²) >= 11 is 1.48. The average molecular weight is 708 g/mol. The van der Waals surface area contributed by atoms with E-state index in [1.807, 2.05) is 54.6 Å². The molecule has 1 fully saturated rings. The second-order valence-corrected chi connectivity index (χ2v) is 12.6. The molecule has 1 saturated heterocycles. The van der Waals surface area contributed by atoms with Gasteiger partial charge in [-0.15, -0.1) is 0 Å².